The quantitative estimate of drug-likeness (QED) is 0.830. The van der Waals surface area contributed by atoms with Crippen molar-refractivity contribution in [1.82, 2.24) is 9.80 Å². The van der Waals surface area contributed by atoms with Gasteiger partial charge in [-0.15, -0.1) is 0 Å². The Bertz CT molecular complexity index is 704. The number of carbonyl (C=O) groups excluding carboxylic acids is 3. The summed E-state index contributed by atoms with van der Waals surface area (Å²) in [6.45, 7) is 2.84. The molecule has 2 aliphatic rings. The fraction of sp³-hybridized carbons (Fsp3) is 0.571. The Morgan fingerprint density at radius 2 is 2.00 bits per heavy atom. The maximum Gasteiger partial charge on any atom is 0.248 e. The standard InChI is InChI=1S/C21H29N3O3/c22-21(27)18-6-4-5-16(14-18)13-17-8-11-24(15-17)20(26)9-12-23-10-3-1-2-7-19(23)25/h4-6,14,17H,1-3,7-13,15H2,(H2,22,27)/t17-/m1/s1. The molecule has 3 amide bonds. The SMILES string of the molecule is NC(=O)c1cccc(C[C@H]2CCN(C(=O)CCN3CCCCCC3=O)C2)c1. The number of carbonyl (C=O) groups is 3. The zero-order valence-corrected chi connectivity index (χ0v) is 15.9. The van der Waals surface area contributed by atoms with Crippen molar-refractivity contribution in [2.45, 2.75) is 44.9 Å². The summed E-state index contributed by atoms with van der Waals surface area (Å²) in [4.78, 5) is 39.7. The van der Waals surface area contributed by atoms with Crippen LogP contribution >= 0.6 is 0 Å². The third-order valence-corrected chi connectivity index (χ3v) is 5.64. The second-order valence-electron chi connectivity index (χ2n) is 7.70. The summed E-state index contributed by atoms with van der Waals surface area (Å²) in [5.74, 6) is 0.314. The monoisotopic (exact) mass is 371 g/mol. The molecule has 0 bridgehead atoms. The van der Waals surface area contributed by atoms with Gasteiger partial charge in [0.25, 0.3) is 0 Å². The number of primary amides is 1. The number of hydrogen-bond acceptors (Lipinski definition) is 3. The van der Waals surface area contributed by atoms with Crippen LogP contribution in [0.2, 0.25) is 0 Å². The summed E-state index contributed by atoms with van der Waals surface area (Å²) in [5, 5.41) is 0. The number of rotatable bonds is 6. The minimum atomic E-state index is -0.414. The van der Waals surface area contributed by atoms with E-state index in [4.69, 9.17) is 5.73 Å². The molecule has 0 aromatic heterocycles. The van der Waals surface area contributed by atoms with Gasteiger partial charge in [0, 0.05) is 44.6 Å². The summed E-state index contributed by atoms with van der Waals surface area (Å²) in [6.07, 6.45) is 5.94. The van der Waals surface area contributed by atoms with Crippen molar-refractivity contribution >= 4 is 17.7 Å². The molecule has 2 N–H and O–H groups in total. The van der Waals surface area contributed by atoms with Crippen LogP contribution in [0.15, 0.2) is 24.3 Å². The van der Waals surface area contributed by atoms with E-state index in [1.165, 1.54) is 0 Å². The van der Waals surface area contributed by atoms with Crippen molar-refractivity contribution in [1.29, 1.82) is 0 Å². The minimum Gasteiger partial charge on any atom is -0.366 e. The topological polar surface area (TPSA) is 83.7 Å². The van der Waals surface area contributed by atoms with Crippen LogP contribution in [0.4, 0.5) is 0 Å². The van der Waals surface area contributed by atoms with Crippen molar-refractivity contribution < 1.29 is 14.4 Å². The van der Waals surface area contributed by atoms with E-state index in [0.29, 0.717) is 30.9 Å². The van der Waals surface area contributed by atoms with Gasteiger partial charge in [-0.3, -0.25) is 14.4 Å². The molecule has 3 rings (SSSR count). The van der Waals surface area contributed by atoms with E-state index in [-0.39, 0.29) is 11.8 Å². The second-order valence-corrected chi connectivity index (χ2v) is 7.70. The highest BCUT2D eigenvalue weighted by Gasteiger charge is 2.27. The number of hydrogen-bond donors (Lipinski definition) is 1. The van der Waals surface area contributed by atoms with Crippen LogP contribution in [0, 0.1) is 5.92 Å². The van der Waals surface area contributed by atoms with Crippen molar-refractivity contribution in [3.05, 3.63) is 35.4 Å². The normalized spacial score (nSPS) is 20.6. The maximum absolute atomic E-state index is 12.5. The Morgan fingerprint density at radius 3 is 2.81 bits per heavy atom. The number of benzene rings is 1. The predicted octanol–water partition coefficient (Wildman–Crippen LogP) is 1.97. The average Bonchev–Trinajstić information content (AvgIpc) is 3.02. The number of nitrogens with two attached hydrogens (primary N) is 1. The van der Waals surface area contributed by atoms with E-state index < -0.39 is 5.91 Å². The smallest absolute Gasteiger partial charge is 0.248 e. The molecule has 0 aliphatic carbocycles. The van der Waals surface area contributed by atoms with Crippen LogP contribution in [0.5, 0.6) is 0 Å². The van der Waals surface area contributed by atoms with Crippen molar-refractivity contribution in [2.24, 2.45) is 11.7 Å². The molecule has 1 aromatic carbocycles. The van der Waals surface area contributed by atoms with Gasteiger partial charge in [-0.1, -0.05) is 18.6 Å². The van der Waals surface area contributed by atoms with Gasteiger partial charge >= 0.3 is 0 Å². The first-order valence-electron chi connectivity index (χ1n) is 9.97. The van der Waals surface area contributed by atoms with E-state index in [1.807, 2.05) is 28.0 Å². The first-order valence-corrected chi connectivity index (χ1v) is 9.97. The molecule has 1 atom stereocenters. The van der Waals surface area contributed by atoms with E-state index >= 15 is 0 Å². The number of nitrogens with zero attached hydrogens (tertiary/aromatic N) is 2. The highest BCUT2D eigenvalue weighted by molar-refractivity contribution is 5.92. The summed E-state index contributed by atoms with van der Waals surface area (Å²) >= 11 is 0. The van der Waals surface area contributed by atoms with Gasteiger partial charge in [0.15, 0.2) is 0 Å². The molecule has 6 heteroatoms. The highest BCUT2D eigenvalue weighted by Crippen LogP contribution is 2.22. The van der Waals surface area contributed by atoms with Gasteiger partial charge in [-0.2, -0.15) is 0 Å². The average molecular weight is 371 g/mol. The molecule has 2 saturated heterocycles. The fourth-order valence-electron chi connectivity index (χ4n) is 4.07. The zero-order chi connectivity index (χ0) is 19.2. The second kappa shape index (κ2) is 9.02. The molecule has 6 nitrogen and oxygen atoms in total. The molecular weight excluding hydrogens is 342 g/mol. The summed E-state index contributed by atoms with van der Waals surface area (Å²) in [6, 6.07) is 7.42. The molecule has 146 valence electrons. The van der Waals surface area contributed by atoms with Crippen molar-refractivity contribution in [3.63, 3.8) is 0 Å². The molecule has 1 aromatic rings. The van der Waals surface area contributed by atoms with Crippen LogP contribution in [0.3, 0.4) is 0 Å². The Labute approximate surface area is 160 Å². The predicted molar refractivity (Wildman–Crippen MR) is 103 cm³/mol. The first-order chi connectivity index (χ1) is 13.0. The molecule has 0 saturated carbocycles. The first kappa shape index (κ1) is 19.4. The Kier molecular flexibility index (Phi) is 6.48. The third kappa shape index (κ3) is 5.31. The lowest BCUT2D eigenvalue weighted by molar-refractivity contribution is -0.133. The van der Waals surface area contributed by atoms with Gasteiger partial charge in [0.05, 0.1) is 0 Å². The molecule has 0 spiro atoms. The molecular formula is C21H29N3O3. The lowest BCUT2D eigenvalue weighted by Gasteiger charge is -2.22. The van der Waals surface area contributed by atoms with Crippen LogP contribution in [-0.4, -0.2) is 53.7 Å². The number of amides is 3. The molecule has 2 aliphatic heterocycles. The zero-order valence-electron chi connectivity index (χ0n) is 15.9. The van der Waals surface area contributed by atoms with Gasteiger partial charge in [-0.05, 0) is 49.3 Å². The Hall–Kier alpha value is -2.37. The highest BCUT2D eigenvalue weighted by atomic mass is 16.2. The van der Waals surface area contributed by atoms with Crippen LogP contribution in [0.1, 0.15) is 54.4 Å². The molecule has 27 heavy (non-hydrogen) atoms. The maximum atomic E-state index is 12.5. The largest absolute Gasteiger partial charge is 0.366 e. The van der Waals surface area contributed by atoms with Crippen LogP contribution in [-0.2, 0) is 16.0 Å². The minimum absolute atomic E-state index is 0.139. The van der Waals surface area contributed by atoms with Gasteiger partial charge in [-0.25, -0.2) is 0 Å². The molecule has 0 radical (unpaired) electrons. The van der Waals surface area contributed by atoms with E-state index in [0.717, 1.165) is 57.3 Å². The number of likely N-dealkylation sites (tertiary alicyclic amines) is 2. The van der Waals surface area contributed by atoms with E-state index in [1.54, 1.807) is 6.07 Å². The van der Waals surface area contributed by atoms with Gasteiger partial charge < -0.3 is 15.5 Å². The lowest BCUT2D eigenvalue weighted by Crippen LogP contribution is -2.36. The Morgan fingerprint density at radius 1 is 1.15 bits per heavy atom. The fourth-order valence-corrected chi connectivity index (χ4v) is 4.07. The molecule has 2 heterocycles. The van der Waals surface area contributed by atoms with Crippen molar-refractivity contribution in [2.75, 3.05) is 26.2 Å². The van der Waals surface area contributed by atoms with Crippen molar-refractivity contribution in [3.8, 4) is 0 Å². The summed E-state index contributed by atoms with van der Waals surface area (Å²) in [7, 11) is 0. The molecule has 0 unspecified atom stereocenters. The van der Waals surface area contributed by atoms with Crippen LogP contribution < -0.4 is 5.73 Å². The lowest BCUT2D eigenvalue weighted by atomic mass is 9.97. The van der Waals surface area contributed by atoms with Gasteiger partial charge in [0.2, 0.25) is 17.7 Å². The van der Waals surface area contributed by atoms with Crippen LogP contribution in [0.25, 0.3) is 0 Å². The summed E-state index contributed by atoms with van der Waals surface area (Å²) < 4.78 is 0. The Balaban J connectivity index is 1.47. The van der Waals surface area contributed by atoms with E-state index in [2.05, 4.69) is 0 Å². The molecule has 2 fully saturated rings. The summed E-state index contributed by atoms with van der Waals surface area (Å²) in [5.41, 5.74) is 6.96. The van der Waals surface area contributed by atoms with Gasteiger partial charge in [0.1, 0.15) is 0 Å². The van der Waals surface area contributed by atoms with E-state index in [9.17, 15) is 14.4 Å². The third-order valence-electron chi connectivity index (χ3n) is 5.64.